The molecule has 6 rings (SSSR count). The fourth-order valence-corrected chi connectivity index (χ4v) is 5.24. The van der Waals surface area contributed by atoms with Crippen molar-refractivity contribution in [1.29, 1.82) is 0 Å². The molecule has 3 heterocycles. The maximum atomic E-state index is 11.9. The Hall–Kier alpha value is -3.96. The van der Waals surface area contributed by atoms with Gasteiger partial charge in [0.2, 0.25) is 0 Å². The van der Waals surface area contributed by atoms with Crippen LogP contribution >= 0.6 is 11.6 Å². The van der Waals surface area contributed by atoms with Crippen molar-refractivity contribution in [3.8, 4) is 28.1 Å². The van der Waals surface area contributed by atoms with Gasteiger partial charge in [-0.3, -0.25) is 9.78 Å². The standard InChI is InChI=1S/C29H21ClN2O3/c1-16-13-24-20(5-7-23(32-24)18-3-2-4-19(30)14-18)28(22(16)15-26(33)34)21-6-8-25-27-17(10-12-35-25)9-11-31-29(21)27/h2-9,11,13-14H,10,12,15H2,1H3,(H,33,34). The molecule has 0 amide bonds. The summed E-state index contributed by atoms with van der Waals surface area (Å²) in [4.78, 5) is 21.6. The van der Waals surface area contributed by atoms with E-state index in [2.05, 4.69) is 0 Å². The summed E-state index contributed by atoms with van der Waals surface area (Å²) in [5, 5.41) is 12.3. The Bertz CT molecular complexity index is 1650. The molecular formula is C29H21ClN2O3. The zero-order valence-electron chi connectivity index (χ0n) is 19.0. The third-order valence-electron chi connectivity index (χ3n) is 6.61. The van der Waals surface area contributed by atoms with Crippen LogP contribution in [0.25, 0.3) is 44.2 Å². The van der Waals surface area contributed by atoms with E-state index in [0.29, 0.717) is 11.6 Å². The second-order valence-electron chi connectivity index (χ2n) is 8.79. The summed E-state index contributed by atoms with van der Waals surface area (Å²) >= 11 is 6.21. The van der Waals surface area contributed by atoms with Crippen molar-refractivity contribution in [3.63, 3.8) is 0 Å². The zero-order chi connectivity index (χ0) is 24.1. The van der Waals surface area contributed by atoms with E-state index in [4.69, 9.17) is 26.3 Å². The van der Waals surface area contributed by atoms with Crippen molar-refractivity contribution >= 4 is 39.4 Å². The zero-order valence-corrected chi connectivity index (χ0v) is 19.8. The van der Waals surface area contributed by atoms with Gasteiger partial charge in [-0.1, -0.05) is 29.8 Å². The van der Waals surface area contributed by atoms with Gasteiger partial charge in [0, 0.05) is 39.5 Å². The van der Waals surface area contributed by atoms with Gasteiger partial charge in [0.15, 0.2) is 0 Å². The van der Waals surface area contributed by atoms with E-state index in [-0.39, 0.29) is 6.42 Å². The summed E-state index contributed by atoms with van der Waals surface area (Å²) in [5.41, 5.74) is 7.92. The minimum absolute atomic E-state index is 0.0907. The fraction of sp³-hybridized carbons (Fsp3) is 0.138. The van der Waals surface area contributed by atoms with E-state index in [0.717, 1.165) is 67.5 Å². The second kappa shape index (κ2) is 8.36. The van der Waals surface area contributed by atoms with Crippen LogP contribution in [0.4, 0.5) is 0 Å². The number of nitrogens with zero attached hydrogens (tertiary/aromatic N) is 2. The number of aromatic nitrogens is 2. The average Bonchev–Trinajstić information content (AvgIpc) is 2.85. The fourth-order valence-electron chi connectivity index (χ4n) is 5.05. The van der Waals surface area contributed by atoms with E-state index in [9.17, 15) is 9.90 Å². The van der Waals surface area contributed by atoms with Crippen LogP contribution in [0.5, 0.6) is 5.75 Å². The molecule has 0 bridgehead atoms. The summed E-state index contributed by atoms with van der Waals surface area (Å²) < 4.78 is 5.91. The van der Waals surface area contributed by atoms with Crippen LogP contribution in [0.1, 0.15) is 16.7 Å². The van der Waals surface area contributed by atoms with Crippen molar-refractivity contribution < 1.29 is 14.6 Å². The molecule has 5 nitrogen and oxygen atoms in total. The van der Waals surface area contributed by atoms with Crippen LogP contribution in [0.2, 0.25) is 5.02 Å². The highest BCUT2D eigenvalue weighted by Gasteiger charge is 2.22. The van der Waals surface area contributed by atoms with Gasteiger partial charge in [-0.25, -0.2) is 4.98 Å². The monoisotopic (exact) mass is 480 g/mol. The SMILES string of the molecule is Cc1cc2nc(-c3cccc(Cl)c3)ccc2c(-c2ccc3c4c(ccnc24)CCO3)c1CC(=O)O. The summed E-state index contributed by atoms with van der Waals surface area (Å²) in [7, 11) is 0. The molecule has 3 aromatic carbocycles. The molecule has 0 atom stereocenters. The number of fused-ring (bicyclic) bond motifs is 1. The lowest BCUT2D eigenvalue weighted by Crippen LogP contribution is -2.10. The molecule has 0 saturated heterocycles. The quantitative estimate of drug-likeness (QED) is 0.312. The van der Waals surface area contributed by atoms with Crippen LogP contribution in [-0.2, 0) is 17.6 Å². The number of hydrogen-bond acceptors (Lipinski definition) is 4. The first kappa shape index (κ1) is 21.6. The Morgan fingerprint density at radius 2 is 2.00 bits per heavy atom. The molecule has 0 aliphatic carbocycles. The Morgan fingerprint density at radius 1 is 1.11 bits per heavy atom. The number of hydrogen-bond donors (Lipinski definition) is 1. The molecule has 0 unspecified atom stereocenters. The largest absolute Gasteiger partial charge is 0.493 e. The number of benzene rings is 3. The summed E-state index contributed by atoms with van der Waals surface area (Å²) in [5.74, 6) is -0.0626. The van der Waals surface area contributed by atoms with Crippen molar-refractivity contribution in [1.82, 2.24) is 9.97 Å². The van der Waals surface area contributed by atoms with Gasteiger partial charge in [-0.05, 0) is 71.6 Å². The molecule has 0 fully saturated rings. The van der Waals surface area contributed by atoms with E-state index in [1.807, 2.05) is 73.8 Å². The Labute approximate surface area is 207 Å². The predicted octanol–water partition coefficient (Wildman–Crippen LogP) is 6.64. The number of carboxylic acids is 1. The molecule has 2 aromatic heterocycles. The first-order valence-corrected chi connectivity index (χ1v) is 11.8. The highest BCUT2D eigenvalue weighted by molar-refractivity contribution is 6.30. The number of pyridine rings is 2. The third kappa shape index (κ3) is 3.69. The number of carboxylic acid groups (broad SMARTS) is 1. The molecule has 1 N–H and O–H groups in total. The first-order chi connectivity index (χ1) is 17.0. The summed E-state index contributed by atoms with van der Waals surface area (Å²) in [6.07, 6.45) is 2.55. The maximum Gasteiger partial charge on any atom is 0.307 e. The normalized spacial score (nSPS) is 12.6. The molecule has 0 saturated carbocycles. The number of aliphatic carboxylic acids is 1. The molecule has 1 aliphatic rings. The van der Waals surface area contributed by atoms with Gasteiger partial charge < -0.3 is 9.84 Å². The number of ether oxygens (including phenoxy) is 1. The van der Waals surface area contributed by atoms with Crippen molar-refractivity contribution in [3.05, 3.63) is 88.6 Å². The van der Waals surface area contributed by atoms with Crippen molar-refractivity contribution in [2.24, 2.45) is 0 Å². The number of halogens is 1. The lowest BCUT2D eigenvalue weighted by atomic mass is 9.87. The Kier molecular flexibility index (Phi) is 5.15. The maximum absolute atomic E-state index is 11.9. The van der Waals surface area contributed by atoms with Crippen LogP contribution in [0.15, 0.2) is 66.9 Å². The molecule has 172 valence electrons. The molecule has 35 heavy (non-hydrogen) atoms. The van der Waals surface area contributed by atoms with Gasteiger partial charge in [0.25, 0.3) is 0 Å². The van der Waals surface area contributed by atoms with E-state index in [1.165, 1.54) is 5.56 Å². The molecule has 5 aromatic rings. The van der Waals surface area contributed by atoms with Crippen molar-refractivity contribution in [2.75, 3.05) is 6.61 Å². The van der Waals surface area contributed by atoms with E-state index >= 15 is 0 Å². The molecule has 6 heteroatoms. The topological polar surface area (TPSA) is 72.3 Å². The predicted molar refractivity (Wildman–Crippen MR) is 138 cm³/mol. The van der Waals surface area contributed by atoms with Gasteiger partial charge in [-0.15, -0.1) is 0 Å². The van der Waals surface area contributed by atoms with Gasteiger partial charge in [0.1, 0.15) is 5.75 Å². The van der Waals surface area contributed by atoms with E-state index in [1.54, 1.807) is 0 Å². The minimum Gasteiger partial charge on any atom is -0.493 e. The average molecular weight is 481 g/mol. The molecule has 1 aliphatic heterocycles. The molecule has 0 spiro atoms. The lowest BCUT2D eigenvalue weighted by molar-refractivity contribution is -0.136. The lowest BCUT2D eigenvalue weighted by Gasteiger charge is -2.21. The van der Waals surface area contributed by atoms with Crippen LogP contribution < -0.4 is 4.74 Å². The van der Waals surface area contributed by atoms with Crippen LogP contribution in [0, 0.1) is 6.92 Å². The number of aryl methyl sites for hydroxylation is 1. The van der Waals surface area contributed by atoms with E-state index < -0.39 is 5.97 Å². The third-order valence-corrected chi connectivity index (χ3v) is 6.85. The Balaban J connectivity index is 1.67. The van der Waals surface area contributed by atoms with Crippen LogP contribution in [0.3, 0.4) is 0 Å². The first-order valence-electron chi connectivity index (χ1n) is 11.4. The second-order valence-corrected chi connectivity index (χ2v) is 9.23. The summed E-state index contributed by atoms with van der Waals surface area (Å²) in [6.45, 7) is 2.58. The molecule has 0 radical (unpaired) electrons. The summed E-state index contributed by atoms with van der Waals surface area (Å²) in [6, 6.07) is 19.5. The number of rotatable bonds is 4. The van der Waals surface area contributed by atoms with Gasteiger partial charge in [-0.2, -0.15) is 0 Å². The highest BCUT2D eigenvalue weighted by Crippen LogP contribution is 2.42. The molecular weight excluding hydrogens is 460 g/mol. The van der Waals surface area contributed by atoms with Gasteiger partial charge in [0.05, 0.1) is 29.8 Å². The highest BCUT2D eigenvalue weighted by atomic mass is 35.5. The van der Waals surface area contributed by atoms with Crippen LogP contribution in [-0.4, -0.2) is 27.7 Å². The smallest absolute Gasteiger partial charge is 0.307 e. The minimum atomic E-state index is -0.878. The van der Waals surface area contributed by atoms with Crippen molar-refractivity contribution in [2.45, 2.75) is 19.8 Å². The number of carbonyl (C=O) groups is 1. The Morgan fingerprint density at radius 3 is 2.83 bits per heavy atom. The van der Waals surface area contributed by atoms with Gasteiger partial charge >= 0.3 is 5.97 Å².